The predicted molar refractivity (Wildman–Crippen MR) is 33.5 cm³/mol. The maximum absolute atomic E-state index is 5.34. The molecule has 3 heteroatoms. The molecule has 0 spiro atoms. The quantitative estimate of drug-likeness (QED) is 0.463. The van der Waals surface area contributed by atoms with Gasteiger partial charge in [-0.1, -0.05) is 0 Å². The third-order valence-electron chi connectivity index (χ3n) is 1.41. The Kier molecular flexibility index (Phi) is 4.96. The predicted octanol–water partition coefficient (Wildman–Crippen LogP) is -0.124. The molecule has 0 aromatic rings. The molecular weight excluding hydrogens is 160 g/mol. The van der Waals surface area contributed by atoms with Gasteiger partial charge in [0.25, 0.3) is 0 Å². The van der Waals surface area contributed by atoms with Crippen LogP contribution in [0.4, 0.5) is 0 Å². The van der Waals surface area contributed by atoms with Crippen molar-refractivity contribution in [1.29, 1.82) is 0 Å². The second-order valence-corrected chi connectivity index (χ2v) is 3.47. The zero-order chi connectivity index (χ0) is 5.11. The van der Waals surface area contributed by atoms with Crippen LogP contribution in [0.1, 0.15) is 19.3 Å². The van der Waals surface area contributed by atoms with E-state index in [0.717, 1.165) is 6.61 Å². The van der Waals surface area contributed by atoms with Crippen LogP contribution in [0.5, 0.6) is 0 Å². The van der Waals surface area contributed by atoms with Crippen molar-refractivity contribution in [3.8, 4) is 0 Å². The number of hydrogen-bond donors (Lipinski definition) is 0. The zero-order valence-electron chi connectivity index (χ0n) is 5.17. The minimum Gasteiger partial charge on any atom is -0.383 e. The van der Waals surface area contributed by atoms with E-state index in [9.17, 15) is 0 Å². The Morgan fingerprint density at radius 2 is 2.12 bits per heavy atom. The van der Waals surface area contributed by atoms with Gasteiger partial charge < -0.3 is 4.74 Å². The van der Waals surface area contributed by atoms with Crippen molar-refractivity contribution in [1.82, 2.24) is 0 Å². The van der Waals surface area contributed by atoms with Crippen molar-refractivity contribution in [2.24, 2.45) is 0 Å². The van der Waals surface area contributed by atoms with Gasteiger partial charge in [-0.25, -0.2) is 0 Å². The van der Waals surface area contributed by atoms with Gasteiger partial charge in [-0.3, -0.25) is 0 Å². The van der Waals surface area contributed by atoms with Gasteiger partial charge in [-0.2, -0.15) is 0 Å². The van der Waals surface area contributed by atoms with E-state index in [1.165, 1.54) is 29.5 Å². The van der Waals surface area contributed by atoms with Crippen LogP contribution >= 0.6 is 0 Å². The first-order valence-electron chi connectivity index (χ1n) is 3.01. The number of ether oxygens (including phenoxy) is 1. The van der Waals surface area contributed by atoms with Crippen molar-refractivity contribution in [3.05, 3.63) is 0 Å². The number of hydrogen-bond acceptors (Lipinski definition) is 1. The topological polar surface area (TPSA) is 9.23 Å². The fourth-order valence-electron chi connectivity index (χ4n) is 0.902. The van der Waals surface area contributed by atoms with Crippen molar-refractivity contribution in [3.63, 3.8) is 0 Å². The smallest absolute Gasteiger partial charge is 0.0465 e. The average molecular weight is 172 g/mol. The van der Waals surface area contributed by atoms with Gasteiger partial charge >= 0.3 is 0 Å². The summed E-state index contributed by atoms with van der Waals surface area (Å²) in [6, 6.07) is 0. The van der Waals surface area contributed by atoms with Crippen molar-refractivity contribution in [2.45, 2.75) is 25.0 Å². The molecule has 1 saturated heterocycles. The van der Waals surface area contributed by atoms with Gasteiger partial charge in [-0.15, -0.1) is 0 Å². The van der Waals surface area contributed by atoms with E-state index in [0.29, 0.717) is 5.73 Å². The van der Waals surface area contributed by atoms with E-state index in [1.54, 1.807) is 0 Å². The summed E-state index contributed by atoms with van der Waals surface area (Å²) in [5, 5.41) is 0. The van der Waals surface area contributed by atoms with Crippen LogP contribution in [-0.4, -0.2) is 22.6 Å². The molecule has 1 atom stereocenters. The standard InChI is InChI=1S/C5H12OSi.Fe/c7-5-3-1-2-4-6-5;/h5H,1-4H2,7H3;. The van der Waals surface area contributed by atoms with Gasteiger partial charge in [0.1, 0.15) is 0 Å². The molecule has 0 N–H and O–H groups in total. The van der Waals surface area contributed by atoms with Crippen LogP contribution < -0.4 is 0 Å². The zero-order valence-corrected chi connectivity index (χ0v) is 8.27. The normalized spacial score (nSPS) is 29.2. The summed E-state index contributed by atoms with van der Waals surface area (Å²) in [6.45, 7) is 1.02. The van der Waals surface area contributed by atoms with Crippen LogP contribution in [0.25, 0.3) is 0 Å². The van der Waals surface area contributed by atoms with Crippen molar-refractivity contribution >= 4 is 10.2 Å². The molecule has 0 aliphatic carbocycles. The summed E-state index contributed by atoms with van der Waals surface area (Å²) in [4.78, 5) is 0. The van der Waals surface area contributed by atoms with Gasteiger partial charge in [0.05, 0.1) is 0 Å². The van der Waals surface area contributed by atoms with Crippen LogP contribution in [-0.2, 0) is 21.8 Å². The largest absolute Gasteiger partial charge is 0.383 e. The van der Waals surface area contributed by atoms with Gasteiger partial charge in [0, 0.05) is 39.6 Å². The minimum absolute atomic E-state index is 0. The summed E-state index contributed by atoms with van der Waals surface area (Å²) in [5.74, 6) is 0. The molecule has 0 amide bonds. The molecule has 50 valence electrons. The maximum Gasteiger partial charge on any atom is 0.0465 e. The molecule has 0 aromatic carbocycles. The SMILES string of the molecule is [Fe].[SiH3]C1CCCCO1. The number of rotatable bonds is 0. The van der Waals surface area contributed by atoms with Crippen LogP contribution in [0.2, 0.25) is 0 Å². The molecule has 1 nitrogen and oxygen atoms in total. The Morgan fingerprint density at radius 1 is 1.38 bits per heavy atom. The summed E-state index contributed by atoms with van der Waals surface area (Å²) >= 11 is 0. The maximum atomic E-state index is 5.34. The van der Waals surface area contributed by atoms with Crippen LogP contribution in [0.3, 0.4) is 0 Å². The van der Waals surface area contributed by atoms with Gasteiger partial charge in [-0.05, 0) is 19.3 Å². The Labute approximate surface area is 64.1 Å². The minimum atomic E-state index is 0. The summed E-state index contributed by atoms with van der Waals surface area (Å²) in [6.07, 6.45) is 4.01. The second-order valence-electron chi connectivity index (χ2n) is 2.18. The first-order valence-corrected chi connectivity index (χ1v) is 4.16. The molecule has 0 bridgehead atoms. The molecule has 8 heavy (non-hydrogen) atoms. The molecule has 0 aromatic heterocycles. The Balaban J connectivity index is 0.000000490. The van der Waals surface area contributed by atoms with Crippen LogP contribution in [0.15, 0.2) is 0 Å². The molecule has 1 aliphatic rings. The van der Waals surface area contributed by atoms with Gasteiger partial charge in [0.2, 0.25) is 0 Å². The summed E-state index contributed by atoms with van der Waals surface area (Å²) in [7, 11) is 1.23. The fraction of sp³-hybridized carbons (Fsp3) is 1.00. The molecule has 1 fully saturated rings. The van der Waals surface area contributed by atoms with E-state index in [4.69, 9.17) is 4.74 Å². The first kappa shape index (κ1) is 8.70. The van der Waals surface area contributed by atoms with E-state index >= 15 is 0 Å². The van der Waals surface area contributed by atoms with Crippen molar-refractivity contribution < 1.29 is 21.8 Å². The van der Waals surface area contributed by atoms with Crippen LogP contribution in [0, 0.1) is 0 Å². The van der Waals surface area contributed by atoms with E-state index in [2.05, 4.69) is 0 Å². The third kappa shape index (κ3) is 2.87. The fourth-order valence-corrected chi connectivity index (χ4v) is 1.55. The van der Waals surface area contributed by atoms with E-state index in [-0.39, 0.29) is 17.1 Å². The molecule has 1 unspecified atom stereocenters. The second kappa shape index (κ2) is 4.56. The van der Waals surface area contributed by atoms with E-state index in [1.807, 2.05) is 0 Å². The van der Waals surface area contributed by atoms with Gasteiger partial charge in [0.15, 0.2) is 0 Å². The Bertz CT molecular complexity index is 54.4. The Morgan fingerprint density at radius 3 is 2.38 bits per heavy atom. The third-order valence-corrected chi connectivity index (χ3v) is 2.32. The molecular formula is C5H12FeOSi. The first-order chi connectivity index (χ1) is 3.39. The monoisotopic (exact) mass is 172 g/mol. The summed E-state index contributed by atoms with van der Waals surface area (Å²) in [5.41, 5.74) is 0.675. The molecule has 1 aliphatic heterocycles. The van der Waals surface area contributed by atoms with E-state index < -0.39 is 0 Å². The molecule has 0 radical (unpaired) electrons. The average Bonchev–Trinajstić information content (AvgIpc) is 1.69. The summed E-state index contributed by atoms with van der Waals surface area (Å²) < 4.78 is 5.34. The Hall–Kier alpha value is 0.696. The van der Waals surface area contributed by atoms with Crippen molar-refractivity contribution in [2.75, 3.05) is 6.61 Å². The molecule has 0 saturated carbocycles. The molecule has 1 rings (SSSR count). The molecule has 1 heterocycles.